The lowest BCUT2D eigenvalue weighted by molar-refractivity contribution is -0.140. The smallest absolute Gasteiger partial charge is 0.337 e. The number of carbonyl (C=O) groups is 2. The Labute approximate surface area is 159 Å². The fourth-order valence-corrected chi connectivity index (χ4v) is 3.40. The van der Waals surface area contributed by atoms with Gasteiger partial charge in [-0.3, -0.25) is 4.79 Å². The van der Waals surface area contributed by atoms with Gasteiger partial charge in [0.2, 0.25) is 0 Å². The van der Waals surface area contributed by atoms with Gasteiger partial charge in [-0.2, -0.15) is 0 Å². The van der Waals surface area contributed by atoms with Crippen LogP contribution in [-0.2, 0) is 24.1 Å². The zero-order valence-electron chi connectivity index (χ0n) is 14.8. The number of amides is 1. The molecule has 1 aliphatic heterocycles. The average molecular weight is 407 g/mol. The molecule has 26 heavy (non-hydrogen) atoms. The fraction of sp³-hybridized carbons (Fsp3) is 0.500. The Morgan fingerprint density at radius 3 is 2.27 bits per heavy atom. The molecule has 146 valence electrons. The van der Waals surface area contributed by atoms with Gasteiger partial charge in [0.25, 0.3) is 5.91 Å². The lowest BCUT2D eigenvalue weighted by Crippen LogP contribution is -2.51. The van der Waals surface area contributed by atoms with Gasteiger partial charge in [0.05, 0.1) is 17.6 Å². The first kappa shape index (κ1) is 22.4. The van der Waals surface area contributed by atoms with Crippen molar-refractivity contribution in [3.8, 4) is 0 Å². The lowest BCUT2D eigenvalue weighted by atomic mass is 9.91. The van der Waals surface area contributed by atoms with Gasteiger partial charge in [-0.1, -0.05) is 0 Å². The van der Waals surface area contributed by atoms with Crippen molar-refractivity contribution in [2.75, 3.05) is 38.9 Å². The summed E-state index contributed by atoms with van der Waals surface area (Å²) >= 11 is 0. The number of hydrogen-bond acceptors (Lipinski definition) is 7. The van der Waals surface area contributed by atoms with Crippen LogP contribution in [0, 0.1) is 0 Å². The summed E-state index contributed by atoms with van der Waals surface area (Å²) in [6.07, 6.45) is 2.01. The van der Waals surface area contributed by atoms with Crippen LogP contribution in [0.5, 0.6) is 0 Å². The maximum atomic E-state index is 12.7. The summed E-state index contributed by atoms with van der Waals surface area (Å²) in [6, 6.07) is 3.90. The third-order valence-corrected chi connectivity index (χ3v) is 5.32. The summed E-state index contributed by atoms with van der Waals surface area (Å²) in [6.45, 7) is 1.27. The number of benzene rings is 1. The summed E-state index contributed by atoms with van der Waals surface area (Å²) in [7, 11) is -0.904. The minimum Gasteiger partial charge on any atom is -0.465 e. The summed E-state index contributed by atoms with van der Waals surface area (Å²) in [4.78, 5) is 24.4. The number of anilines is 1. The molecule has 0 spiro atoms. The van der Waals surface area contributed by atoms with Gasteiger partial charge in [-0.05, 0) is 44.1 Å². The standard InChI is InChI=1S/C16H22N2O6S.ClH/c1-23-14(19)11-8-12(10-13(9-11)25(3,21)22)18-15(20)16(24-2)4-6-17-7-5-16;/h8-10,17H,4-7H2,1-3H3,(H,18,20);1H. The van der Waals surface area contributed by atoms with E-state index in [9.17, 15) is 18.0 Å². The highest BCUT2D eigenvalue weighted by Gasteiger charge is 2.39. The van der Waals surface area contributed by atoms with Crippen molar-refractivity contribution in [3.63, 3.8) is 0 Å². The van der Waals surface area contributed by atoms with Gasteiger partial charge in [-0.25, -0.2) is 13.2 Å². The number of carbonyl (C=O) groups excluding carboxylic acids is 2. The van der Waals surface area contributed by atoms with E-state index in [1.165, 1.54) is 32.4 Å². The van der Waals surface area contributed by atoms with Crippen molar-refractivity contribution >= 4 is 39.8 Å². The number of nitrogens with one attached hydrogen (secondary N) is 2. The summed E-state index contributed by atoms with van der Waals surface area (Å²) in [5.74, 6) is -1.07. The van der Waals surface area contributed by atoms with Crippen LogP contribution >= 0.6 is 12.4 Å². The molecule has 0 radical (unpaired) electrons. The average Bonchev–Trinajstić information content (AvgIpc) is 2.60. The van der Waals surface area contributed by atoms with Crippen LogP contribution in [0.15, 0.2) is 23.1 Å². The number of halogens is 1. The monoisotopic (exact) mass is 406 g/mol. The molecule has 1 fully saturated rings. The Hall–Kier alpha value is -1.68. The van der Waals surface area contributed by atoms with Crippen LogP contribution in [0.25, 0.3) is 0 Å². The van der Waals surface area contributed by atoms with E-state index in [4.69, 9.17) is 4.74 Å². The quantitative estimate of drug-likeness (QED) is 0.702. The maximum Gasteiger partial charge on any atom is 0.337 e. The van der Waals surface area contributed by atoms with Crippen molar-refractivity contribution in [1.82, 2.24) is 5.32 Å². The van der Waals surface area contributed by atoms with Crippen molar-refractivity contribution in [2.45, 2.75) is 23.3 Å². The largest absolute Gasteiger partial charge is 0.465 e. The van der Waals surface area contributed by atoms with Crippen LogP contribution in [0.3, 0.4) is 0 Å². The van der Waals surface area contributed by atoms with Crippen molar-refractivity contribution in [2.24, 2.45) is 0 Å². The Bertz CT molecular complexity index is 775. The normalized spacial score (nSPS) is 16.3. The zero-order chi connectivity index (χ0) is 18.7. The number of ether oxygens (including phenoxy) is 2. The number of piperidine rings is 1. The first-order chi connectivity index (χ1) is 11.7. The van der Waals surface area contributed by atoms with Gasteiger partial charge < -0.3 is 20.1 Å². The Morgan fingerprint density at radius 2 is 1.77 bits per heavy atom. The fourth-order valence-electron chi connectivity index (χ4n) is 2.72. The lowest BCUT2D eigenvalue weighted by Gasteiger charge is -2.34. The topological polar surface area (TPSA) is 111 Å². The van der Waals surface area contributed by atoms with E-state index in [1.807, 2.05) is 0 Å². The summed E-state index contributed by atoms with van der Waals surface area (Å²) in [5, 5.41) is 5.82. The molecule has 1 heterocycles. The van der Waals surface area contributed by atoms with Crippen molar-refractivity contribution in [1.29, 1.82) is 0 Å². The molecule has 2 rings (SSSR count). The molecule has 1 aromatic carbocycles. The summed E-state index contributed by atoms with van der Waals surface area (Å²) in [5.41, 5.74) is -0.751. The third-order valence-electron chi connectivity index (χ3n) is 4.23. The van der Waals surface area contributed by atoms with E-state index >= 15 is 0 Å². The van der Waals surface area contributed by atoms with E-state index in [0.717, 1.165) is 6.26 Å². The Balaban J connectivity index is 0.00000338. The van der Waals surface area contributed by atoms with E-state index in [0.29, 0.717) is 25.9 Å². The van der Waals surface area contributed by atoms with Gasteiger partial charge in [0, 0.05) is 19.1 Å². The first-order valence-corrected chi connectivity index (χ1v) is 9.62. The van der Waals surface area contributed by atoms with Gasteiger partial charge in [0.1, 0.15) is 5.60 Å². The molecule has 1 aromatic rings. The molecule has 0 bridgehead atoms. The Morgan fingerprint density at radius 1 is 1.15 bits per heavy atom. The maximum absolute atomic E-state index is 12.7. The number of esters is 1. The molecule has 10 heteroatoms. The molecule has 0 unspecified atom stereocenters. The molecule has 0 atom stereocenters. The minimum atomic E-state index is -3.57. The summed E-state index contributed by atoms with van der Waals surface area (Å²) < 4.78 is 33.8. The zero-order valence-corrected chi connectivity index (χ0v) is 16.5. The van der Waals surface area contributed by atoms with Gasteiger partial charge in [-0.15, -0.1) is 12.4 Å². The molecule has 0 aromatic heterocycles. The second kappa shape index (κ2) is 8.81. The van der Waals surface area contributed by atoms with Crippen LogP contribution in [0.4, 0.5) is 5.69 Å². The number of methoxy groups -OCH3 is 2. The van der Waals surface area contributed by atoms with E-state index < -0.39 is 21.4 Å². The molecule has 8 nitrogen and oxygen atoms in total. The van der Waals surface area contributed by atoms with Crippen LogP contribution in [-0.4, -0.2) is 59.5 Å². The Kier molecular flexibility index (Phi) is 7.57. The highest BCUT2D eigenvalue weighted by Crippen LogP contribution is 2.26. The predicted octanol–water partition coefficient (Wildman–Crippen LogP) is 1.01. The van der Waals surface area contributed by atoms with Crippen molar-refractivity contribution in [3.05, 3.63) is 23.8 Å². The molecule has 1 amide bonds. The van der Waals surface area contributed by atoms with Crippen molar-refractivity contribution < 1.29 is 27.5 Å². The van der Waals surface area contributed by atoms with Crippen LogP contribution < -0.4 is 10.6 Å². The molecule has 2 N–H and O–H groups in total. The molecule has 1 aliphatic rings. The van der Waals surface area contributed by atoms with Gasteiger partial charge in [0.15, 0.2) is 9.84 Å². The van der Waals surface area contributed by atoms with E-state index in [-0.39, 0.29) is 34.5 Å². The molecular formula is C16H23ClN2O6S. The second-order valence-electron chi connectivity index (χ2n) is 5.91. The molecule has 0 saturated carbocycles. The number of rotatable bonds is 5. The first-order valence-electron chi connectivity index (χ1n) is 7.72. The van der Waals surface area contributed by atoms with Crippen LogP contribution in [0.1, 0.15) is 23.2 Å². The number of hydrogen-bond donors (Lipinski definition) is 2. The predicted molar refractivity (Wildman–Crippen MR) is 98.6 cm³/mol. The number of sulfone groups is 1. The molecular weight excluding hydrogens is 384 g/mol. The van der Waals surface area contributed by atoms with Crippen LogP contribution in [0.2, 0.25) is 0 Å². The highest BCUT2D eigenvalue weighted by molar-refractivity contribution is 7.90. The molecule has 1 saturated heterocycles. The SMILES string of the molecule is COC(=O)c1cc(NC(=O)C2(OC)CCNCC2)cc(S(C)(=O)=O)c1.Cl. The molecule has 0 aliphatic carbocycles. The minimum absolute atomic E-state index is 0. The third kappa shape index (κ3) is 4.94. The second-order valence-corrected chi connectivity index (χ2v) is 7.93. The van der Waals surface area contributed by atoms with Gasteiger partial charge >= 0.3 is 5.97 Å². The van der Waals surface area contributed by atoms with E-state index in [2.05, 4.69) is 15.4 Å². The van der Waals surface area contributed by atoms with E-state index in [1.54, 1.807) is 0 Å². The highest BCUT2D eigenvalue weighted by atomic mass is 35.5.